The van der Waals surface area contributed by atoms with Crippen molar-refractivity contribution in [2.24, 2.45) is 0 Å². The number of ether oxygens (including phenoxy) is 1. The fraction of sp³-hybridized carbons (Fsp3) is 0.179. The standard InChI is InChI=1S/C28H22F4N4O4/c29-18-4-1-17(2-5-18)27-21(14-36(34-27)20-7-8-22(30)24(32)12-20)28-35(25(37)15-40-28)10-9-16-3-6-19(11-23(16)31)33-13-26(38)39/h1-8,11-12,14,28,33H,9-10,13,15H2,(H,38,39). The summed E-state index contributed by atoms with van der Waals surface area (Å²) >= 11 is 0. The number of hydrogen-bond acceptors (Lipinski definition) is 5. The first kappa shape index (κ1) is 26.9. The highest BCUT2D eigenvalue weighted by Crippen LogP contribution is 2.35. The molecule has 40 heavy (non-hydrogen) atoms. The van der Waals surface area contributed by atoms with E-state index in [0.717, 1.165) is 12.1 Å². The van der Waals surface area contributed by atoms with Gasteiger partial charge in [-0.25, -0.2) is 22.2 Å². The number of aliphatic carboxylic acids is 1. The lowest BCUT2D eigenvalue weighted by molar-refractivity contribution is -0.135. The highest BCUT2D eigenvalue weighted by Gasteiger charge is 2.36. The summed E-state index contributed by atoms with van der Waals surface area (Å²) in [6.07, 6.45) is 0.705. The van der Waals surface area contributed by atoms with Crippen LogP contribution in [0.4, 0.5) is 23.2 Å². The Morgan fingerprint density at radius 1 is 1.00 bits per heavy atom. The summed E-state index contributed by atoms with van der Waals surface area (Å²) < 4.78 is 62.9. The fourth-order valence-electron chi connectivity index (χ4n) is 4.39. The molecule has 1 aliphatic rings. The lowest BCUT2D eigenvalue weighted by Gasteiger charge is -2.23. The quantitative estimate of drug-likeness (QED) is 0.292. The summed E-state index contributed by atoms with van der Waals surface area (Å²) in [6.45, 7) is -0.541. The van der Waals surface area contributed by atoms with Crippen molar-refractivity contribution >= 4 is 17.6 Å². The van der Waals surface area contributed by atoms with Gasteiger partial charge in [-0.3, -0.25) is 9.59 Å². The molecule has 2 N–H and O–H groups in total. The van der Waals surface area contributed by atoms with Crippen molar-refractivity contribution < 1.29 is 37.0 Å². The molecule has 3 aromatic carbocycles. The first-order valence-corrected chi connectivity index (χ1v) is 12.2. The smallest absolute Gasteiger partial charge is 0.322 e. The van der Waals surface area contributed by atoms with Gasteiger partial charge in [0.2, 0.25) is 0 Å². The highest BCUT2D eigenvalue weighted by molar-refractivity contribution is 5.80. The summed E-state index contributed by atoms with van der Waals surface area (Å²) in [7, 11) is 0. The van der Waals surface area contributed by atoms with Crippen LogP contribution in [0.2, 0.25) is 0 Å². The number of nitrogens with one attached hydrogen (secondary N) is 1. The SMILES string of the molecule is O=C(O)CNc1ccc(CCN2C(=O)COC2c2cn(-c3ccc(F)c(F)c3)nc2-c2ccc(F)cc2)c(F)c1. The van der Waals surface area contributed by atoms with Crippen LogP contribution < -0.4 is 5.32 Å². The molecule has 1 saturated heterocycles. The van der Waals surface area contributed by atoms with E-state index < -0.39 is 35.5 Å². The first-order valence-electron chi connectivity index (χ1n) is 12.2. The second-order valence-corrected chi connectivity index (χ2v) is 9.04. The third-order valence-electron chi connectivity index (χ3n) is 6.38. The Labute approximate surface area is 225 Å². The van der Waals surface area contributed by atoms with Gasteiger partial charge < -0.3 is 20.1 Å². The molecule has 12 heteroatoms. The highest BCUT2D eigenvalue weighted by atomic mass is 19.2. The van der Waals surface area contributed by atoms with Crippen molar-refractivity contribution in [1.29, 1.82) is 0 Å². The van der Waals surface area contributed by atoms with Gasteiger partial charge in [-0.1, -0.05) is 6.07 Å². The zero-order chi connectivity index (χ0) is 28.4. The maximum absolute atomic E-state index is 14.7. The van der Waals surface area contributed by atoms with Gasteiger partial charge >= 0.3 is 5.97 Å². The number of benzene rings is 3. The van der Waals surface area contributed by atoms with Crippen molar-refractivity contribution in [3.63, 3.8) is 0 Å². The molecule has 0 bridgehead atoms. The van der Waals surface area contributed by atoms with Gasteiger partial charge in [0.15, 0.2) is 17.9 Å². The number of rotatable bonds is 9. The van der Waals surface area contributed by atoms with Crippen LogP contribution >= 0.6 is 0 Å². The van der Waals surface area contributed by atoms with E-state index >= 15 is 0 Å². The summed E-state index contributed by atoms with van der Waals surface area (Å²) in [5.74, 6) is -4.57. The second kappa shape index (κ2) is 11.2. The number of carbonyl (C=O) groups is 2. The summed E-state index contributed by atoms with van der Waals surface area (Å²) in [4.78, 5) is 24.9. The maximum Gasteiger partial charge on any atom is 0.322 e. The molecule has 1 fully saturated rings. The van der Waals surface area contributed by atoms with Crippen LogP contribution in [0.25, 0.3) is 16.9 Å². The molecule has 206 valence electrons. The van der Waals surface area contributed by atoms with Gasteiger partial charge in [0, 0.05) is 35.6 Å². The average Bonchev–Trinajstić information content (AvgIpc) is 3.52. The molecule has 0 spiro atoms. The number of aromatic nitrogens is 2. The molecule has 0 aliphatic carbocycles. The molecule has 0 radical (unpaired) electrons. The van der Waals surface area contributed by atoms with Crippen LogP contribution in [0, 0.1) is 23.3 Å². The number of carboxylic acid groups (broad SMARTS) is 1. The topological polar surface area (TPSA) is 96.7 Å². The molecule has 4 aromatic rings. The predicted octanol–water partition coefficient (Wildman–Crippen LogP) is 4.69. The van der Waals surface area contributed by atoms with Crippen LogP contribution in [0.3, 0.4) is 0 Å². The summed E-state index contributed by atoms with van der Waals surface area (Å²) in [5, 5.41) is 15.9. The molecular formula is C28H22F4N4O4. The number of amides is 1. The minimum Gasteiger partial charge on any atom is -0.480 e. The van der Waals surface area contributed by atoms with Crippen LogP contribution in [0.5, 0.6) is 0 Å². The third-order valence-corrected chi connectivity index (χ3v) is 6.38. The van der Waals surface area contributed by atoms with Crippen molar-refractivity contribution in [2.75, 3.05) is 25.0 Å². The summed E-state index contributed by atoms with van der Waals surface area (Å²) in [5.41, 5.74) is 2.05. The van der Waals surface area contributed by atoms with Gasteiger partial charge in [-0.15, -0.1) is 0 Å². The Morgan fingerprint density at radius 2 is 1.77 bits per heavy atom. The minimum atomic E-state index is -1.09. The van der Waals surface area contributed by atoms with Gasteiger partial charge in [0.25, 0.3) is 5.91 Å². The molecule has 1 atom stereocenters. The normalized spacial score (nSPS) is 15.1. The lowest BCUT2D eigenvalue weighted by atomic mass is 10.1. The van der Waals surface area contributed by atoms with Crippen LogP contribution in [0.1, 0.15) is 17.4 Å². The second-order valence-electron chi connectivity index (χ2n) is 9.04. The van der Waals surface area contributed by atoms with Gasteiger partial charge in [-0.05, 0) is 60.5 Å². The fourth-order valence-corrected chi connectivity index (χ4v) is 4.39. The Balaban J connectivity index is 1.44. The number of carboxylic acids is 1. The van der Waals surface area contributed by atoms with Gasteiger partial charge in [0.05, 0.1) is 5.69 Å². The number of nitrogens with zero attached hydrogens (tertiary/aromatic N) is 3. The van der Waals surface area contributed by atoms with E-state index in [1.165, 1.54) is 58.2 Å². The Bertz CT molecular complexity index is 1580. The van der Waals surface area contributed by atoms with Gasteiger partial charge in [0.1, 0.15) is 30.5 Å². The molecule has 8 nitrogen and oxygen atoms in total. The Hall–Kier alpha value is -4.71. The Morgan fingerprint density at radius 3 is 2.48 bits per heavy atom. The Kier molecular flexibility index (Phi) is 7.52. The van der Waals surface area contributed by atoms with Crippen molar-refractivity contribution in [2.45, 2.75) is 12.6 Å². The molecule has 1 aromatic heterocycles. The number of halogens is 4. The number of hydrogen-bond donors (Lipinski definition) is 2. The predicted molar refractivity (Wildman–Crippen MR) is 136 cm³/mol. The average molecular weight is 555 g/mol. The molecule has 1 unspecified atom stereocenters. The van der Waals surface area contributed by atoms with Crippen LogP contribution in [0.15, 0.2) is 66.9 Å². The van der Waals surface area contributed by atoms with Crippen molar-refractivity contribution in [3.05, 3.63) is 101 Å². The molecular weight excluding hydrogens is 532 g/mol. The number of carbonyl (C=O) groups excluding carboxylic acids is 1. The molecule has 1 aliphatic heterocycles. The minimum absolute atomic E-state index is 0.0710. The maximum atomic E-state index is 14.7. The van der Waals surface area contributed by atoms with Gasteiger partial charge in [-0.2, -0.15) is 5.10 Å². The number of anilines is 1. The zero-order valence-electron chi connectivity index (χ0n) is 20.8. The van der Waals surface area contributed by atoms with E-state index in [1.807, 2.05) is 0 Å². The molecule has 1 amide bonds. The summed E-state index contributed by atoms with van der Waals surface area (Å²) in [6, 6.07) is 13.0. The van der Waals surface area contributed by atoms with E-state index in [4.69, 9.17) is 9.84 Å². The van der Waals surface area contributed by atoms with E-state index in [2.05, 4.69) is 10.4 Å². The zero-order valence-corrected chi connectivity index (χ0v) is 20.8. The molecule has 0 saturated carbocycles. The van der Waals surface area contributed by atoms with Crippen LogP contribution in [-0.2, 0) is 20.7 Å². The molecule has 2 heterocycles. The van der Waals surface area contributed by atoms with E-state index in [0.29, 0.717) is 28.1 Å². The largest absolute Gasteiger partial charge is 0.480 e. The van der Waals surface area contributed by atoms with E-state index in [-0.39, 0.29) is 37.7 Å². The third kappa shape index (κ3) is 5.66. The van der Waals surface area contributed by atoms with Crippen molar-refractivity contribution in [1.82, 2.24) is 14.7 Å². The van der Waals surface area contributed by atoms with E-state index in [1.54, 1.807) is 6.07 Å². The van der Waals surface area contributed by atoms with Crippen LogP contribution in [-0.4, -0.2) is 51.4 Å². The molecule has 5 rings (SSSR count). The first-order chi connectivity index (χ1) is 19.2. The van der Waals surface area contributed by atoms with E-state index in [9.17, 15) is 27.2 Å². The lowest BCUT2D eigenvalue weighted by Crippen LogP contribution is -2.31. The van der Waals surface area contributed by atoms with Crippen molar-refractivity contribution in [3.8, 4) is 16.9 Å². The monoisotopic (exact) mass is 554 g/mol.